The lowest BCUT2D eigenvalue weighted by molar-refractivity contribution is 0.190. The Balaban J connectivity index is 1.70. The van der Waals surface area contributed by atoms with E-state index >= 15 is 0 Å². The molecule has 0 saturated carbocycles. The largest absolute Gasteiger partial charge is 0.331 e. The number of nitrogens with one attached hydrogen (secondary N) is 1. The summed E-state index contributed by atoms with van der Waals surface area (Å²) >= 11 is 1.74. The van der Waals surface area contributed by atoms with E-state index in [1.54, 1.807) is 11.3 Å². The van der Waals surface area contributed by atoms with Gasteiger partial charge < -0.3 is 10.2 Å². The molecule has 2 amide bonds. The van der Waals surface area contributed by atoms with Gasteiger partial charge in [-0.3, -0.25) is 0 Å². The number of carbonyl (C=O) groups excluding carboxylic acids is 1. The van der Waals surface area contributed by atoms with Gasteiger partial charge in [-0.05, 0) is 50.6 Å². The number of urea groups is 1. The fourth-order valence-corrected chi connectivity index (χ4v) is 4.27. The van der Waals surface area contributed by atoms with Gasteiger partial charge in [0.1, 0.15) is 0 Å². The van der Waals surface area contributed by atoms with E-state index in [2.05, 4.69) is 61.8 Å². The van der Waals surface area contributed by atoms with Crippen molar-refractivity contribution in [3.05, 3.63) is 57.3 Å². The van der Waals surface area contributed by atoms with Gasteiger partial charge >= 0.3 is 6.03 Å². The van der Waals surface area contributed by atoms with Crippen LogP contribution in [0.1, 0.15) is 53.4 Å². The standard InChI is InChI=1S/C19H24N2OS/c1-13-10-14(2)12-16(11-13)15(3)20-19(22)21-8-4-6-17(21)18-7-5-9-23-18/h5,7,9-12,15,17H,4,6,8H2,1-3H3,(H,20,22). The normalized spacial score (nSPS) is 18.9. The highest BCUT2D eigenvalue weighted by Crippen LogP contribution is 2.34. The van der Waals surface area contributed by atoms with Gasteiger partial charge in [0.25, 0.3) is 0 Å². The number of hydrogen-bond acceptors (Lipinski definition) is 2. The Bertz CT molecular complexity index is 660. The average Bonchev–Trinajstić information content (AvgIpc) is 3.17. The lowest BCUT2D eigenvalue weighted by atomic mass is 10.0. The molecule has 2 aromatic rings. The van der Waals surface area contributed by atoms with E-state index < -0.39 is 0 Å². The molecule has 1 aromatic heterocycles. The molecular formula is C19H24N2OS. The molecule has 1 aliphatic heterocycles. The van der Waals surface area contributed by atoms with Gasteiger partial charge in [-0.25, -0.2) is 4.79 Å². The molecule has 3 rings (SSSR count). The van der Waals surface area contributed by atoms with Crippen molar-refractivity contribution in [2.45, 2.75) is 45.7 Å². The van der Waals surface area contributed by atoms with Crippen LogP contribution in [0.2, 0.25) is 0 Å². The Kier molecular flexibility index (Phi) is 4.71. The average molecular weight is 328 g/mol. The zero-order chi connectivity index (χ0) is 16.4. The van der Waals surface area contributed by atoms with Crippen LogP contribution in [0.4, 0.5) is 4.79 Å². The second-order valence-corrected chi connectivity index (χ2v) is 7.44. The SMILES string of the molecule is Cc1cc(C)cc(C(C)NC(=O)N2CCCC2c2cccs2)c1. The second-order valence-electron chi connectivity index (χ2n) is 6.46. The third-order valence-corrected chi connectivity index (χ3v) is 5.44. The molecule has 2 heterocycles. The van der Waals surface area contributed by atoms with Gasteiger partial charge in [0, 0.05) is 11.4 Å². The van der Waals surface area contributed by atoms with Crippen molar-refractivity contribution >= 4 is 17.4 Å². The predicted molar refractivity (Wildman–Crippen MR) is 95.9 cm³/mol. The zero-order valence-electron chi connectivity index (χ0n) is 14.0. The number of nitrogens with zero attached hydrogens (tertiary/aromatic N) is 1. The summed E-state index contributed by atoms with van der Waals surface area (Å²) in [5.74, 6) is 0. The van der Waals surface area contributed by atoms with Crippen LogP contribution in [-0.4, -0.2) is 17.5 Å². The molecule has 2 unspecified atom stereocenters. The minimum atomic E-state index is 0.0192. The molecule has 122 valence electrons. The first-order valence-electron chi connectivity index (χ1n) is 8.23. The van der Waals surface area contributed by atoms with Gasteiger partial charge in [0.2, 0.25) is 0 Å². The molecule has 1 N–H and O–H groups in total. The molecule has 1 aromatic carbocycles. The Morgan fingerprint density at radius 2 is 2.04 bits per heavy atom. The Hall–Kier alpha value is -1.81. The fourth-order valence-electron chi connectivity index (χ4n) is 3.40. The monoisotopic (exact) mass is 328 g/mol. The topological polar surface area (TPSA) is 32.3 Å². The molecule has 0 aliphatic carbocycles. The molecule has 0 radical (unpaired) electrons. The first kappa shape index (κ1) is 16.1. The number of likely N-dealkylation sites (tertiary alicyclic amines) is 1. The zero-order valence-corrected chi connectivity index (χ0v) is 14.8. The van der Waals surface area contributed by atoms with Gasteiger partial charge in [0.15, 0.2) is 0 Å². The van der Waals surface area contributed by atoms with Crippen LogP contribution in [0.5, 0.6) is 0 Å². The maximum atomic E-state index is 12.7. The molecule has 4 heteroatoms. The summed E-state index contributed by atoms with van der Waals surface area (Å²) in [6.45, 7) is 7.09. The van der Waals surface area contributed by atoms with Crippen molar-refractivity contribution in [3.8, 4) is 0 Å². The van der Waals surface area contributed by atoms with Crippen LogP contribution in [0.25, 0.3) is 0 Å². The van der Waals surface area contributed by atoms with E-state index in [0.717, 1.165) is 19.4 Å². The number of aryl methyl sites for hydroxylation is 2. The van der Waals surface area contributed by atoms with Crippen LogP contribution in [0, 0.1) is 13.8 Å². The summed E-state index contributed by atoms with van der Waals surface area (Å²) in [4.78, 5) is 16.0. The van der Waals surface area contributed by atoms with Crippen molar-refractivity contribution in [3.63, 3.8) is 0 Å². The summed E-state index contributed by atoms with van der Waals surface area (Å²) in [7, 11) is 0. The van der Waals surface area contributed by atoms with Crippen LogP contribution in [0.15, 0.2) is 35.7 Å². The summed E-state index contributed by atoms with van der Waals surface area (Å²) in [6, 6.07) is 11.0. The molecule has 1 fully saturated rings. The molecule has 3 nitrogen and oxygen atoms in total. The number of thiophene rings is 1. The van der Waals surface area contributed by atoms with Crippen molar-refractivity contribution in [2.75, 3.05) is 6.54 Å². The van der Waals surface area contributed by atoms with E-state index in [1.165, 1.54) is 21.6 Å². The van der Waals surface area contributed by atoms with Crippen molar-refractivity contribution in [2.24, 2.45) is 0 Å². The summed E-state index contributed by atoms with van der Waals surface area (Å²) < 4.78 is 0. The molecule has 0 spiro atoms. The third kappa shape index (κ3) is 3.58. The highest BCUT2D eigenvalue weighted by molar-refractivity contribution is 7.10. The predicted octanol–water partition coefficient (Wildman–Crippen LogP) is 4.97. The Labute approximate surface area is 142 Å². The van der Waals surface area contributed by atoms with Crippen LogP contribution in [0.3, 0.4) is 0 Å². The van der Waals surface area contributed by atoms with E-state index in [1.807, 2.05) is 4.90 Å². The van der Waals surface area contributed by atoms with Crippen LogP contribution < -0.4 is 5.32 Å². The van der Waals surface area contributed by atoms with Gasteiger partial charge in [-0.2, -0.15) is 0 Å². The minimum absolute atomic E-state index is 0.0192. The molecule has 0 bridgehead atoms. The quantitative estimate of drug-likeness (QED) is 0.847. The number of rotatable bonds is 3. The maximum absolute atomic E-state index is 12.7. The lowest BCUT2D eigenvalue weighted by Gasteiger charge is -2.26. The highest BCUT2D eigenvalue weighted by Gasteiger charge is 2.31. The summed E-state index contributed by atoms with van der Waals surface area (Å²) in [5.41, 5.74) is 3.64. The van der Waals surface area contributed by atoms with E-state index in [9.17, 15) is 4.79 Å². The smallest absolute Gasteiger partial charge is 0.318 e. The summed E-state index contributed by atoms with van der Waals surface area (Å²) in [5, 5.41) is 5.26. The van der Waals surface area contributed by atoms with Crippen molar-refractivity contribution < 1.29 is 4.79 Å². The van der Waals surface area contributed by atoms with Crippen LogP contribution >= 0.6 is 11.3 Å². The molecule has 1 saturated heterocycles. The molecule has 1 aliphatic rings. The first-order chi connectivity index (χ1) is 11.0. The third-order valence-electron chi connectivity index (χ3n) is 4.47. The van der Waals surface area contributed by atoms with Gasteiger partial charge in [-0.15, -0.1) is 11.3 Å². The maximum Gasteiger partial charge on any atom is 0.318 e. The van der Waals surface area contributed by atoms with Gasteiger partial charge in [0.05, 0.1) is 12.1 Å². The molecule has 23 heavy (non-hydrogen) atoms. The molecular weight excluding hydrogens is 304 g/mol. The van der Waals surface area contributed by atoms with Crippen LogP contribution in [-0.2, 0) is 0 Å². The molecule has 2 atom stereocenters. The first-order valence-corrected chi connectivity index (χ1v) is 9.11. The van der Waals surface area contributed by atoms with E-state index in [-0.39, 0.29) is 18.1 Å². The van der Waals surface area contributed by atoms with Crippen molar-refractivity contribution in [1.82, 2.24) is 10.2 Å². The Morgan fingerprint density at radius 1 is 1.30 bits per heavy atom. The lowest BCUT2D eigenvalue weighted by Crippen LogP contribution is -2.40. The van der Waals surface area contributed by atoms with E-state index in [0.29, 0.717) is 0 Å². The second kappa shape index (κ2) is 6.75. The minimum Gasteiger partial charge on any atom is -0.331 e. The number of amides is 2. The summed E-state index contributed by atoms with van der Waals surface area (Å²) in [6.07, 6.45) is 2.14. The number of carbonyl (C=O) groups is 1. The Morgan fingerprint density at radius 3 is 2.70 bits per heavy atom. The fraction of sp³-hybridized carbons (Fsp3) is 0.421. The number of hydrogen-bond donors (Lipinski definition) is 1. The van der Waals surface area contributed by atoms with Crippen molar-refractivity contribution in [1.29, 1.82) is 0 Å². The van der Waals surface area contributed by atoms with Gasteiger partial charge in [-0.1, -0.05) is 35.4 Å². The van der Waals surface area contributed by atoms with E-state index in [4.69, 9.17) is 0 Å². The highest BCUT2D eigenvalue weighted by atomic mass is 32.1. The number of benzene rings is 1.